The molecule has 3 aromatic rings. The number of amides is 1. The van der Waals surface area contributed by atoms with E-state index < -0.39 is 4.92 Å². The Bertz CT molecular complexity index is 1050. The number of benzene rings is 1. The van der Waals surface area contributed by atoms with Crippen LogP contribution in [-0.4, -0.2) is 31.3 Å². The highest BCUT2D eigenvalue weighted by atomic mass is 35.5. The topological polar surface area (TPSA) is 103 Å². The number of aromatic nitrogens is 3. The van der Waals surface area contributed by atoms with Gasteiger partial charge in [-0.25, -0.2) is 0 Å². The van der Waals surface area contributed by atoms with E-state index in [2.05, 4.69) is 33.9 Å². The van der Waals surface area contributed by atoms with Gasteiger partial charge in [-0.15, -0.1) is 21.5 Å². The Hall–Kier alpha value is -2.43. The fourth-order valence-electron chi connectivity index (χ4n) is 2.62. The summed E-state index contributed by atoms with van der Waals surface area (Å²) < 4.78 is 1.85. The fourth-order valence-corrected chi connectivity index (χ4v) is 4.49. The molecule has 0 fully saturated rings. The van der Waals surface area contributed by atoms with Crippen LogP contribution in [0.1, 0.15) is 18.2 Å². The summed E-state index contributed by atoms with van der Waals surface area (Å²) in [4.78, 5) is 23.9. The average Bonchev–Trinajstić information content (AvgIpc) is 3.28. The van der Waals surface area contributed by atoms with Crippen molar-refractivity contribution >= 4 is 52.0 Å². The Morgan fingerprint density at radius 1 is 1.38 bits per heavy atom. The second-order valence-corrected chi connectivity index (χ2v) is 8.52. The number of rotatable bonds is 8. The lowest BCUT2D eigenvalue weighted by Crippen LogP contribution is -2.14. The Labute approximate surface area is 180 Å². The van der Waals surface area contributed by atoms with Gasteiger partial charge in [-0.2, -0.15) is 0 Å². The number of hydrogen-bond donors (Lipinski definition) is 1. The largest absolute Gasteiger partial charge is 0.325 e. The van der Waals surface area contributed by atoms with Gasteiger partial charge in [0.2, 0.25) is 5.91 Å². The van der Waals surface area contributed by atoms with Crippen molar-refractivity contribution in [3.05, 3.63) is 49.7 Å². The summed E-state index contributed by atoms with van der Waals surface area (Å²) in [6.07, 6.45) is 2.12. The highest BCUT2D eigenvalue weighted by Gasteiger charge is 2.16. The number of carbonyl (C=O) groups is 1. The van der Waals surface area contributed by atoms with Crippen molar-refractivity contribution < 1.29 is 9.72 Å². The Kier molecular flexibility index (Phi) is 6.88. The van der Waals surface area contributed by atoms with Crippen LogP contribution in [0.5, 0.6) is 0 Å². The van der Waals surface area contributed by atoms with E-state index in [0.717, 1.165) is 24.2 Å². The van der Waals surface area contributed by atoms with Crippen LogP contribution in [0.25, 0.3) is 11.4 Å². The van der Waals surface area contributed by atoms with Gasteiger partial charge in [-0.05, 0) is 24.6 Å². The molecule has 1 amide bonds. The van der Waals surface area contributed by atoms with E-state index in [0.29, 0.717) is 10.8 Å². The number of aryl methyl sites for hydroxylation is 1. The summed E-state index contributed by atoms with van der Waals surface area (Å²) >= 11 is 8.73. The number of nitrogens with one attached hydrogen (secondary N) is 1. The molecule has 11 heteroatoms. The van der Waals surface area contributed by atoms with Crippen LogP contribution < -0.4 is 5.32 Å². The Morgan fingerprint density at radius 3 is 2.90 bits per heavy atom. The molecule has 2 aromatic heterocycles. The minimum atomic E-state index is -0.593. The Balaban J connectivity index is 1.63. The van der Waals surface area contributed by atoms with E-state index in [-0.39, 0.29) is 22.4 Å². The molecule has 0 saturated heterocycles. The van der Waals surface area contributed by atoms with Crippen LogP contribution in [-0.2, 0) is 18.3 Å². The molecule has 0 atom stereocenters. The maximum absolute atomic E-state index is 12.2. The van der Waals surface area contributed by atoms with E-state index in [1.807, 2.05) is 11.6 Å². The number of nitro benzene ring substituents is 1. The zero-order valence-electron chi connectivity index (χ0n) is 15.7. The minimum absolute atomic E-state index is 0.0181. The molecule has 0 spiro atoms. The van der Waals surface area contributed by atoms with Crippen LogP contribution in [0, 0.1) is 10.1 Å². The van der Waals surface area contributed by atoms with Crippen molar-refractivity contribution in [3.63, 3.8) is 0 Å². The number of hydrogen-bond acceptors (Lipinski definition) is 7. The monoisotopic (exact) mass is 451 g/mol. The minimum Gasteiger partial charge on any atom is -0.325 e. The first-order chi connectivity index (χ1) is 13.9. The molecule has 8 nitrogen and oxygen atoms in total. The zero-order valence-corrected chi connectivity index (χ0v) is 18.1. The van der Waals surface area contributed by atoms with Crippen molar-refractivity contribution in [2.45, 2.75) is 24.9 Å². The van der Waals surface area contributed by atoms with E-state index >= 15 is 0 Å². The van der Waals surface area contributed by atoms with Gasteiger partial charge < -0.3 is 9.88 Å². The molecule has 0 bridgehead atoms. The summed E-state index contributed by atoms with van der Waals surface area (Å²) in [6.45, 7) is 2.14. The van der Waals surface area contributed by atoms with Gasteiger partial charge in [0.05, 0.1) is 10.7 Å². The number of nitro groups is 1. The van der Waals surface area contributed by atoms with Crippen molar-refractivity contribution in [1.82, 2.24) is 14.8 Å². The zero-order chi connectivity index (χ0) is 21.0. The molecule has 1 N–H and O–H groups in total. The van der Waals surface area contributed by atoms with E-state index in [1.54, 1.807) is 11.3 Å². The molecular weight excluding hydrogens is 434 g/mol. The number of anilines is 1. The predicted octanol–water partition coefficient (Wildman–Crippen LogP) is 4.79. The van der Waals surface area contributed by atoms with Crippen LogP contribution in [0.2, 0.25) is 5.02 Å². The van der Waals surface area contributed by atoms with Crippen LogP contribution >= 0.6 is 34.7 Å². The molecule has 152 valence electrons. The first-order valence-corrected chi connectivity index (χ1v) is 11.0. The molecular formula is C18H18ClN5O3S2. The summed E-state index contributed by atoms with van der Waals surface area (Å²) in [5.41, 5.74) is 1.07. The fraction of sp³-hybridized carbons (Fsp3) is 0.278. The lowest BCUT2D eigenvalue weighted by atomic mass is 10.2. The highest BCUT2D eigenvalue weighted by Crippen LogP contribution is 2.29. The highest BCUT2D eigenvalue weighted by molar-refractivity contribution is 7.99. The molecule has 0 radical (unpaired) electrons. The summed E-state index contributed by atoms with van der Waals surface area (Å²) in [5.74, 6) is 0.532. The number of thiophene rings is 1. The van der Waals surface area contributed by atoms with Gasteiger partial charge in [0.1, 0.15) is 5.02 Å². The molecule has 0 aliphatic heterocycles. The van der Waals surface area contributed by atoms with E-state index in [9.17, 15) is 14.9 Å². The predicted molar refractivity (Wildman–Crippen MR) is 116 cm³/mol. The van der Waals surface area contributed by atoms with Gasteiger partial charge in [0.25, 0.3) is 5.69 Å². The van der Waals surface area contributed by atoms with Crippen molar-refractivity contribution in [2.24, 2.45) is 7.05 Å². The smallest absolute Gasteiger partial charge is 0.289 e. The second kappa shape index (κ2) is 9.38. The van der Waals surface area contributed by atoms with Crippen LogP contribution in [0.4, 0.5) is 11.4 Å². The lowest BCUT2D eigenvalue weighted by molar-refractivity contribution is -0.384. The van der Waals surface area contributed by atoms with Crippen molar-refractivity contribution in [2.75, 3.05) is 11.1 Å². The standard InChI is InChI=1S/C18H18ClN5O3S2/c1-3-4-13-7-11(9-28-13)17-21-22-18(23(17)2)29-10-16(25)20-12-5-6-14(19)15(8-12)24(26)27/h5-9H,3-4,10H2,1-2H3,(H,20,25). The first kappa shape index (κ1) is 21.3. The first-order valence-electron chi connectivity index (χ1n) is 8.72. The molecule has 2 heterocycles. The molecule has 0 unspecified atom stereocenters. The van der Waals surface area contributed by atoms with Gasteiger partial charge in [0.15, 0.2) is 11.0 Å². The summed E-state index contributed by atoms with van der Waals surface area (Å²) in [5, 5.41) is 24.7. The van der Waals surface area contributed by atoms with Gasteiger partial charge in [0, 0.05) is 34.6 Å². The third-order valence-electron chi connectivity index (χ3n) is 4.00. The lowest BCUT2D eigenvalue weighted by Gasteiger charge is -2.06. The summed E-state index contributed by atoms with van der Waals surface area (Å²) in [6, 6.07) is 6.25. The quantitative estimate of drug-likeness (QED) is 0.300. The second-order valence-electron chi connectivity index (χ2n) is 6.18. The maximum atomic E-state index is 12.2. The molecule has 0 aliphatic rings. The third kappa shape index (κ3) is 5.14. The summed E-state index contributed by atoms with van der Waals surface area (Å²) in [7, 11) is 1.86. The number of thioether (sulfide) groups is 1. The van der Waals surface area contributed by atoms with Gasteiger partial charge in [-0.1, -0.05) is 36.7 Å². The molecule has 3 rings (SSSR count). The molecule has 29 heavy (non-hydrogen) atoms. The molecule has 0 aliphatic carbocycles. The van der Waals surface area contributed by atoms with E-state index in [1.165, 1.54) is 34.8 Å². The average molecular weight is 452 g/mol. The number of nitrogens with zero attached hydrogens (tertiary/aromatic N) is 4. The molecule has 1 aromatic carbocycles. The normalized spacial score (nSPS) is 10.9. The number of carbonyl (C=O) groups excluding carboxylic acids is 1. The van der Waals surface area contributed by atoms with E-state index in [4.69, 9.17) is 11.6 Å². The van der Waals surface area contributed by atoms with Crippen LogP contribution in [0.15, 0.2) is 34.8 Å². The van der Waals surface area contributed by atoms with Crippen LogP contribution in [0.3, 0.4) is 0 Å². The third-order valence-corrected chi connectivity index (χ3v) is 6.34. The van der Waals surface area contributed by atoms with Crippen molar-refractivity contribution in [3.8, 4) is 11.4 Å². The maximum Gasteiger partial charge on any atom is 0.289 e. The molecule has 0 saturated carbocycles. The Morgan fingerprint density at radius 2 is 2.17 bits per heavy atom. The number of halogens is 1. The van der Waals surface area contributed by atoms with Crippen molar-refractivity contribution in [1.29, 1.82) is 0 Å². The van der Waals surface area contributed by atoms with Gasteiger partial charge in [-0.3, -0.25) is 14.9 Å². The van der Waals surface area contributed by atoms with Gasteiger partial charge >= 0.3 is 0 Å². The SMILES string of the molecule is CCCc1cc(-c2nnc(SCC(=O)Nc3ccc(Cl)c([N+](=O)[O-])c3)n2C)cs1.